The van der Waals surface area contributed by atoms with Crippen LogP contribution in [0.1, 0.15) is 13.8 Å². The van der Waals surface area contributed by atoms with Crippen molar-refractivity contribution in [2.75, 3.05) is 26.4 Å². The summed E-state index contributed by atoms with van der Waals surface area (Å²) in [4.78, 5) is 0. The van der Waals surface area contributed by atoms with Gasteiger partial charge in [0, 0.05) is 13.2 Å². The summed E-state index contributed by atoms with van der Waals surface area (Å²) >= 11 is 0. The van der Waals surface area contributed by atoms with Crippen LogP contribution in [0.15, 0.2) is 0 Å². The Labute approximate surface area is 331 Å². The number of hydrogen-bond acceptors (Lipinski definition) is 2. The summed E-state index contributed by atoms with van der Waals surface area (Å²) < 4.78 is 304. The molecule has 0 aliphatic carbocycles. The fraction of sp³-hybridized carbons (Fsp3) is 0.200. The van der Waals surface area contributed by atoms with Crippen LogP contribution in [-0.2, 0) is 9.47 Å². The summed E-state index contributed by atoms with van der Waals surface area (Å²) in [7, 11) is 0. The van der Waals surface area contributed by atoms with Crippen molar-refractivity contribution in [1.82, 2.24) is 0 Å². The zero-order chi connectivity index (χ0) is 40.6. The molecule has 0 spiro atoms. The number of benzene rings is 4. The van der Waals surface area contributed by atoms with E-state index in [1.54, 1.807) is 0 Å². The second-order valence-electron chi connectivity index (χ2n) is 10.2. The molecule has 0 saturated carbocycles. The van der Waals surface area contributed by atoms with Gasteiger partial charge < -0.3 is 9.47 Å². The van der Waals surface area contributed by atoms with Crippen LogP contribution in [0, 0.1) is 116 Å². The summed E-state index contributed by atoms with van der Waals surface area (Å²) in [6.07, 6.45) is -7.22. The number of hydrogen-bond donors (Lipinski definition) is 0. The molecule has 4 aromatic carbocycles. The molecule has 292 valence electrons. The Kier molecular flexibility index (Phi) is 16.1. The van der Waals surface area contributed by atoms with Gasteiger partial charge in [0.15, 0.2) is 69.8 Å². The molecule has 0 N–H and O–H groups in total. The van der Waals surface area contributed by atoms with Crippen molar-refractivity contribution in [3.05, 3.63) is 116 Å². The molecule has 0 saturated heterocycles. The number of halogens is 20. The van der Waals surface area contributed by atoms with Gasteiger partial charge >= 0.3 is 51.4 Å². The predicted octanol–water partition coefficient (Wildman–Crippen LogP) is 6.26. The fourth-order valence-electron chi connectivity index (χ4n) is 5.28. The molecule has 4 aromatic rings. The third-order valence-electron chi connectivity index (χ3n) is 7.49. The first-order chi connectivity index (χ1) is 24.6. The van der Waals surface area contributed by atoms with Gasteiger partial charge in [0.25, 0.3) is 0 Å². The molecular formula is C30H15BF20KO2-. The zero-order valence-electron chi connectivity index (χ0n) is 25.8. The van der Waals surface area contributed by atoms with Crippen LogP contribution in [0.25, 0.3) is 0 Å². The molecule has 0 aromatic heterocycles. The van der Waals surface area contributed by atoms with E-state index in [0.29, 0.717) is 0 Å². The standard InChI is InChI=1S/C24BF20.C6H14O2.K.H/c26-5-1(6(27)14(35)21(42)13(5)34)25(2-7(28)15(36)22(43)16(37)8(2)29,3-9(30)17(38)23(44)18(39)10(3)31)4-11(32)19(40)24(45)20(41)12(4)33;1-3-7-5-6-8-4-2;;/h;3-6H2,1-2H3;;/q-1;;;. The molecule has 0 bridgehead atoms. The van der Waals surface area contributed by atoms with E-state index in [9.17, 15) is 52.7 Å². The molecule has 54 heavy (non-hydrogen) atoms. The Morgan fingerprint density at radius 2 is 0.407 bits per heavy atom. The van der Waals surface area contributed by atoms with Crippen LogP contribution in [0.4, 0.5) is 87.8 Å². The minimum atomic E-state index is -7.22. The molecule has 0 aliphatic heterocycles. The molecule has 0 radical (unpaired) electrons. The number of ether oxygens (including phenoxy) is 2. The zero-order valence-corrected chi connectivity index (χ0v) is 25.8. The van der Waals surface area contributed by atoms with Crippen molar-refractivity contribution < 1.29 is 97.3 Å². The van der Waals surface area contributed by atoms with Crippen LogP contribution in [0.5, 0.6) is 0 Å². The van der Waals surface area contributed by atoms with Gasteiger partial charge in [-0.25, -0.2) is 87.8 Å². The van der Waals surface area contributed by atoms with Crippen molar-refractivity contribution >= 4 is 79.4 Å². The van der Waals surface area contributed by atoms with Crippen LogP contribution in [0.2, 0.25) is 0 Å². The van der Waals surface area contributed by atoms with E-state index in [1.165, 1.54) is 0 Å². The van der Waals surface area contributed by atoms with Crippen molar-refractivity contribution in [1.29, 1.82) is 0 Å². The van der Waals surface area contributed by atoms with Gasteiger partial charge in [0.05, 0.1) is 13.2 Å². The van der Waals surface area contributed by atoms with E-state index in [-0.39, 0.29) is 51.4 Å². The first-order valence-electron chi connectivity index (χ1n) is 14.0. The second kappa shape index (κ2) is 18.4. The molecule has 0 aliphatic rings. The molecule has 0 fully saturated rings. The third-order valence-corrected chi connectivity index (χ3v) is 7.49. The monoisotopic (exact) mass is 837 g/mol. The van der Waals surface area contributed by atoms with Crippen LogP contribution in [-0.4, -0.2) is 84.0 Å². The average Bonchev–Trinajstić information content (AvgIpc) is 3.13. The van der Waals surface area contributed by atoms with Gasteiger partial charge in [-0.2, -0.15) is 0 Å². The fourth-order valence-corrected chi connectivity index (χ4v) is 5.28. The van der Waals surface area contributed by atoms with Crippen molar-refractivity contribution in [3.63, 3.8) is 0 Å². The Morgan fingerprint density at radius 3 is 0.537 bits per heavy atom. The molecule has 0 amide bonds. The summed E-state index contributed by atoms with van der Waals surface area (Å²) in [6, 6.07) is 0. The van der Waals surface area contributed by atoms with Crippen LogP contribution < -0.4 is 21.9 Å². The van der Waals surface area contributed by atoms with Gasteiger partial charge in [-0.15, -0.1) is 21.9 Å². The summed E-state index contributed by atoms with van der Waals surface area (Å²) in [6.45, 7) is 6.98. The SMILES string of the molecule is CCOCCOCC.Fc1c(F)c(F)c([B-](c2c(F)c(F)c(F)c(F)c2F)(c2c(F)c(F)c(F)c(F)c2F)c2c(F)c(F)c(F)c(F)c2F)c(F)c1F.[KH]. The molecule has 0 heterocycles. The first kappa shape index (κ1) is 47.3. The van der Waals surface area contributed by atoms with E-state index in [0.717, 1.165) is 26.4 Å². The molecular weight excluding hydrogens is 822 g/mol. The van der Waals surface area contributed by atoms with Crippen molar-refractivity contribution in [3.8, 4) is 0 Å². The Hall–Kier alpha value is -2.90. The number of rotatable bonds is 9. The summed E-state index contributed by atoms with van der Waals surface area (Å²) in [5.41, 5.74) is -14.3. The third kappa shape index (κ3) is 7.62. The molecule has 0 atom stereocenters. The van der Waals surface area contributed by atoms with E-state index in [4.69, 9.17) is 9.47 Å². The maximum atomic E-state index is 15.4. The van der Waals surface area contributed by atoms with Crippen LogP contribution >= 0.6 is 0 Å². The van der Waals surface area contributed by atoms with Crippen molar-refractivity contribution in [2.24, 2.45) is 0 Å². The summed E-state index contributed by atoms with van der Waals surface area (Å²) in [5.74, 6) is -71.4. The average molecular weight is 837 g/mol. The van der Waals surface area contributed by atoms with Crippen molar-refractivity contribution in [2.45, 2.75) is 13.8 Å². The Bertz CT molecular complexity index is 1690. The molecule has 2 nitrogen and oxygen atoms in total. The topological polar surface area (TPSA) is 18.5 Å². The van der Waals surface area contributed by atoms with Crippen LogP contribution in [0.3, 0.4) is 0 Å². The Balaban J connectivity index is 0.00000101. The van der Waals surface area contributed by atoms with Gasteiger partial charge in [-0.1, -0.05) is 0 Å². The van der Waals surface area contributed by atoms with E-state index in [2.05, 4.69) is 0 Å². The van der Waals surface area contributed by atoms with Gasteiger partial charge in [0.2, 0.25) is 0 Å². The predicted molar refractivity (Wildman–Crippen MR) is 149 cm³/mol. The molecule has 0 unspecified atom stereocenters. The van der Waals surface area contributed by atoms with E-state index in [1.807, 2.05) is 13.8 Å². The molecule has 4 rings (SSSR count). The van der Waals surface area contributed by atoms with E-state index < -0.39 is 144 Å². The normalized spacial score (nSPS) is 11.4. The maximum absolute atomic E-state index is 15.4. The minimum absolute atomic E-state index is 0. The van der Waals surface area contributed by atoms with Gasteiger partial charge in [-0.05, 0) is 13.8 Å². The molecule has 24 heteroatoms. The second-order valence-corrected chi connectivity index (χ2v) is 10.2. The first-order valence-corrected chi connectivity index (χ1v) is 14.0. The van der Waals surface area contributed by atoms with E-state index >= 15 is 35.1 Å². The summed E-state index contributed by atoms with van der Waals surface area (Å²) in [5, 5.41) is 0. The van der Waals surface area contributed by atoms with Gasteiger partial charge in [0.1, 0.15) is 52.7 Å². The quantitative estimate of drug-likeness (QED) is 0.0653. The van der Waals surface area contributed by atoms with Gasteiger partial charge in [-0.3, -0.25) is 0 Å². The Morgan fingerprint density at radius 1 is 0.278 bits per heavy atom.